The van der Waals surface area contributed by atoms with E-state index in [1.807, 2.05) is 16.9 Å². The van der Waals surface area contributed by atoms with Gasteiger partial charge in [-0.2, -0.15) is 5.10 Å². The van der Waals surface area contributed by atoms with E-state index < -0.39 is 0 Å². The lowest BCUT2D eigenvalue weighted by atomic mass is 10.00. The highest BCUT2D eigenvalue weighted by Gasteiger charge is 2.21. The van der Waals surface area contributed by atoms with Crippen LogP contribution in [0.4, 0.5) is 0 Å². The fourth-order valence-corrected chi connectivity index (χ4v) is 3.27. The highest BCUT2D eigenvalue weighted by atomic mass is 35.5. The van der Waals surface area contributed by atoms with E-state index in [9.17, 15) is 0 Å². The Kier molecular flexibility index (Phi) is 4.69. The van der Waals surface area contributed by atoms with Gasteiger partial charge in [0.15, 0.2) is 0 Å². The van der Waals surface area contributed by atoms with Crippen LogP contribution in [0.3, 0.4) is 0 Å². The second-order valence-corrected chi connectivity index (χ2v) is 6.35. The zero-order valence-electron chi connectivity index (χ0n) is 13.1. The molecule has 3 rings (SSSR count). The van der Waals surface area contributed by atoms with Crippen LogP contribution in [0.2, 0.25) is 5.02 Å². The number of halogens is 1. The summed E-state index contributed by atoms with van der Waals surface area (Å²) in [6.07, 6.45) is 6.04. The molecule has 2 heterocycles. The molecule has 0 aliphatic carbocycles. The van der Waals surface area contributed by atoms with Crippen LogP contribution in [0.1, 0.15) is 35.6 Å². The van der Waals surface area contributed by atoms with E-state index >= 15 is 0 Å². The molecular formula is C17H22ClN3O. The Morgan fingerprint density at radius 3 is 3.00 bits per heavy atom. The number of nitrogens with zero attached hydrogens (tertiary/aromatic N) is 2. The van der Waals surface area contributed by atoms with E-state index in [2.05, 4.69) is 36.5 Å². The number of aryl methyl sites for hydroxylation is 2. The van der Waals surface area contributed by atoms with Gasteiger partial charge < -0.3 is 10.1 Å². The van der Waals surface area contributed by atoms with Crippen molar-refractivity contribution in [3.05, 3.63) is 46.2 Å². The van der Waals surface area contributed by atoms with Crippen molar-refractivity contribution in [1.29, 1.82) is 0 Å². The molecule has 1 aliphatic rings. The molecule has 118 valence electrons. The molecule has 4 nitrogen and oxygen atoms in total. The molecule has 0 radical (unpaired) electrons. The third-order valence-corrected chi connectivity index (χ3v) is 4.25. The quantitative estimate of drug-likeness (QED) is 0.934. The summed E-state index contributed by atoms with van der Waals surface area (Å²) in [5, 5.41) is 8.67. The number of benzene rings is 1. The molecule has 1 aliphatic heterocycles. The van der Waals surface area contributed by atoms with Crippen molar-refractivity contribution >= 4 is 11.6 Å². The minimum Gasteiger partial charge on any atom is -0.492 e. The Hall–Kier alpha value is -1.52. The third-order valence-electron chi connectivity index (χ3n) is 3.97. The summed E-state index contributed by atoms with van der Waals surface area (Å²) in [5.74, 6) is 0.845. The minimum absolute atomic E-state index is 0.284. The van der Waals surface area contributed by atoms with E-state index in [0.29, 0.717) is 5.02 Å². The van der Waals surface area contributed by atoms with Crippen LogP contribution in [-0.2, 0) is 6.54 Å². The fraction of sp³-hybridized carbons (Fsp3) is 0.471. The van der Waals surface area contributed by atoms with Gasteiger partial charge in [0.05, 0.1) is 24.4 Å². The molecule has 0 bridgehead atoms. The SMILES string of the molecule is Cc1cc(Cl)c2c(c1)C(NCCn1cc(C)cn1)CCCO2. The molecule has 1 unspecified atom stereocenters. The Labute approximate surface area is 136 Å². The van der Waals surface area contributed by atoms with Gasteiger partial charge in [0.25, 0.3) is 0 Å². The molecule has 5 heteroatoms. The summed E-state index contributed by atoms with van der Waals surface area (Å²) >= 11 is 6.35. The highest BCUT2D eigenvalue weighted by Crippen LogP contribution is 2.37. The van der Waals surface area contributed by atoms with Crippen molar-refractivity contribution in [2.75, 3.05) is 13.2 Å². The maximum Gasteiger partial charge on any atom is 0.142 e. The molecule has 0 fully saturated rings. The Morgan fingerprint density at radius 2 is 2.23 bits per heavy atom. The van der Waals surface area contributed by atoms with Crippen molar-refractivity contribution in [3.63, 3.8) is 0 Å². The molecule has 1 aromatic carbocycles. The molecule has 1 N–H and O–H groups in total. The molecule has 0 amide bonds. The van der Waals surface area contributed by atoms with E-state index in [1.54, 1.807) is 0 Å². The molecule has 1 atom stereocenters. The van der Waals surface area contributed by atoms with Gasteiger partial charge in [0, 0.05) is 24.3 Å². The highest BCUT2D eigenvalue weighted by molar-refractivity contribution is 6.32. The number of hydrogen-bond acceptors (Lipinski definition) is 3. The molecule has 0 spiro atoms. The van der Waals surface area contributed by atoms with Gasteiger partial charge >= 0.3 is 0 Å². The predicted molar refractivity (Wildman–Crippen MR) is 88.6 cm³/mol. The first-order valence-electron chi connectivity index (χ1n) is 7.79. The summed E-state index contributed by atoms with van der Waals surface area (Å²) in [5.41, 5.74) is 3.54. The molecule has 2 aromatic rings. The first kappa shape index (κ1) is 15.4. The van der Waals surface area contributed by atoms with E-state index in [0.717, 1.165) is 38.3 Å². The number of aromatic nitrogens is 2. The number of fused-ring (bicyclic) bond motifs is 1. The summed E-state index contributed by atoms with van der Waals surface area (Å²) in [6, 6.07) is 4.43. The number of rotatable bonds is 4. The van der Waals surface area contributed by atoms with Gasteiger partial charge in [-0.15, -0.1) is 0 Å². The summed E-state index contributed by atoms with van der Waals surface area (Å²) < 4.78 is 7.81. The topological polar surface area (TPSA) is 39.1 Å². The van der Waals surface area contributed by atoms with Crippen LogP contribution < -0.4 is 10.1 Å². The van der Waals surface area contributed by atoms with Gasteiger partial charge in [-0.3, -0.25) is 4.68 Å². The Balaban J connectivity index is 1.71. The Morgan fingerprint density at radius 1 is 1.36 bits per heavy atom. The second kappa shape index (κ2) is 6.71. The van der Waals surface area contributed by atoms with Crippen LogP contribution in [0.15, 0.2) is 24.5 Å². The van der Waals surface area contributed by atoms with Crippen LogP contribution in [0.25, 0.3) is 0 Å². The maximum atomic E-state index is 6.35. The average molecular weight is 320 g/mol. The van der Waals surface area contributed by atoms with Crippen molar-refractivity contribution in [3.8, 4) is 5.75 Å². The van der Waals surface area contributed by atoms with Crippen molar-refractivity contribution in [1.82, 2.24) is 15.1 Å². The average Bonchev–Trinajstić information content (AvgIpc) is 2.77. The van der Waals surface area contributed by atoms with Crippen LogP contribution >= 0.6 is 11.6 Å². The Bertz CT molecular complexity index is 653. The normalized spacial score (nSPS) is 17.7. The standard InChI is InChI=1S/C17H22ClN3O/c1-12-8-14-16(4-3-7-22-17(14)15(18)9-12)19-5-6-21-11-13(2)10-20-21/h8-11,16,19H,3-7H2,1-2H3. The number of hydrogen-bond donors (Lipinski definition) is 1. The van der Waals surface area contributed by atoms with Crippen LogP contribution in [0, 0.1) is 13.8 Å². The smallest absolute Gasteiger partial charge is 0.142 e. The predicted octanol–water partition coefficient (Wildman–Crippen LogP) is 3.66. The van der Waals surface area contributed by atoms with Gasteiger partial charge in [0.1, 0.15) is 5.75 Å². The van der Waals surface area contributed by atoms with Gasteiger partial charge in [-0.1, -0.05) is 17.7 Å². The van der Waals surface area contributed by atoms with Crippen LogP contribution in [-0.4, -0.2) is 22.9 Å². The van der Waals surface area contributed by atoms with E-state index in [4.69, 9.17) is 16.3 Å². The van der Waals surface area contributed by atoms with Crippen LogP contribution in [0.5, 0.6) is 5.75 Å². The summed E-state index contributed by atoms with van der Waals surface area (Å²) in [7, 11) is 0. The number of nitrogens with one attached hydrogen (secondary N) is 1. The number of ether oxygens (including phenoxy) is 1. The molecule has 22 heavy (non-hydrogen) atoms. The summed E-state index contributed by atoms with van der Waals surface area (Å²) in [6.45, 7) is 6.59. The van der Waals surface area contributed by atoms with Crippen molar-refractivity contribution in [2.45, 2.75) is 39.3 Å². The summed E-state index contributed by atoms with van der Waals surface area (Å²) in [4.78, 5) is 0. The zero-order chi connectivity index (χ0) is 15.5. The zero-order valence-corrected chi connectivity index (χ0v) is 13.9. The molecule has 0 saturated carbocycles. The largest absolute Gasteiger partial charge is 0.492 e. The lowest BCUT2D eigenvalue weighted by Crippen LogP contribution is -2.25. The first-order valence-corrected chi connectivity index (χ1v) is 8.16. The molecule has 0 saturated heterocycles. The van der Waals surface area contributed by atoms with Gasteiger partial charge in [-0.25, -0.2) is 0 Å². The van der Waals surface area contributed by atoms with Crippen molar-refractivity contribution < 1.29 is 4.74 Å². The second-order valence-electron chi connectivity index (χ2n) is 5.94. The first-order chi connectivity index (χ1) is 10.6. The molecular weight excluding hydrogens is 298 g/mol. The monoisotopic (exact) mass is 319 g/mol. The molecule has 1 aromatic heterocycles. The lowest BCUT2D eigenvalue weighted by molar-refractivity contribution is 0.315. The van der Waals surface area contributed by atoms with E-state index in [-0.39, 0.29) is 6.04 Å². The van der Waals surface area contributed by atoms with E-state index in [1.165, 1.54) is 16.7 Å². The third kappa shape index (κ3) is 3.45. The van der Waals surface area contributed by atoms with Gasteiger partial charge in [-0.05, 0) is 43.9 Å². The lowest BCUT2D eigenvalue weighted by Gasteiger charge is -2.19. The van der Waals surface area contributed by atoms with Gasteiger partial charge in [0.2, 0.25) is 0 Å². The maximum absolute atomic E-state index is 6.35. The fourth-order valence-electron chi connectivity index (χ4n) is 2.94. The van der Waals surface area contributed by atoms with Crippen molar-refractivity contribution in [2.24, 2.45) is 0 Å². The minimum atomic E-state index is 0.284.